The Labute approximate surface area is 207 Å². The highest BCUT2D eigenvalue weighted by Crippen LogP contribution is 2.41. The largest absolute Gasteiger partial charge is 0.493 e. The van der Waals surface area contributed by atoms with E-state index in [0.29, 0.717) is 49.8 Å². The number of rotatable bonds is 6. The molecule has 2 amide bonds. The van der Waals surface area contributed by atoms with E-state index in [9.17, 15) is 9.59 Å². The molecule has 0 aliphatic carbocycles. The number of carbonyl (C=O) groups is 2. The van der Waals surface area contributed by atoms with E-state index < -0.39 is 6.17 Å². The first-order chi connectivity index (χ1) is 17.1. The molecule has 0 saturated carbocycles. The summed E-state index contributed by atoms with van der Waals surface area (Å²) in [5, 5.41) is 7.33. The van der Waals surface area contributed by atoms with Gasteiger partial charge < -0.3 is 29.7 Å². The summed E-state index contributed by atoms with van der Waals surface area (Å²) in [6, 6.07) is 15.6. The van der Waals surface area contributed by atoms with Crippen LogP contribution in [0.15, 0.2) is 48.5 Å². The quantitative estimate of drug-likeness (QED) is 0.517. The lowest BCUT2D eigenvalue weighted by molar-refractivity contribution is 0.0934. The normalized spacial score (nSPS) is 16.5. The minimum atomic E-state index is -0.409. The van der Waals surface area contributed by atoms with Crippen molar-refractivity contribution in [2.24, 2.45) is 0 Å². The fourth-order valence-electron chi connectivity index (χ4n) is 4.37. The van der Waals surface area contributed by atoms with Crippen LogP contribution < -0.4 is 20.1 Å². The van der Waals surface area contributed by atoms with Crippen molar-refractivity contribution in [1.29, 1.82) is 0 Å². The Balaban J connectivity index is 1.33. The zero-order valence-electron chi connectivity index (χ0n) is 19.6. The van der Waals surface area contributed by atoms with Gasteiger partial charge in [-0.25, -0.2) is 4.79 Å². The molecule has 0 spiro atoms. The first-order valence-electron chi connectivity index (χ1n) is 11.6. The number of fused-ring (bicyclic) bond motifs is 3. The zero-order chi connectivity index (χ0) is 24.4. The van der Waals surface area contributed by atoms with Crippen LogP contribution in [0.4, 0.5) is 9.80 Å². The lowest BCUT2D eigenvalue weighted by atomic mass is 10.0. The van der Waals surface area contributed by atoms with Gasteiger partial charge in [0.25, 0.3) is 5.91 Å². The summed E-state index contributed by atoms with van der Waals surface area (Å²) >= 11 is 1.52. The van der Waals surface area contributed by atoms with Gasteiger partial charge in [0.05, 0.1) is 25.8 Å². The van der Waals surface area contributed by atoms with Crippen LogP contribution in [0.5, 0.6) is 11.5 Å². The smallest absolute Gasteiger partial charge is 0.410 e. The molecule has 0 fully saturated rings. The van der Waals surface area contributed by atoms with E-state index in [2.05, 4.69) is 10.6 Å². The number of nitrogens with zero attached hydrogens (tertiary/aromatic N) is 1. The average Bonchev–Trinajstić information content (AvgIpc) is 3.26. The maximum absolute atomic E-state index is 13.1. The van der Waals surface area contributed by atoms with Crippen LogP contribution in [0.3, 0.4) is 0 Å². The van der Waals surface area contributed by atoms with Gasteiger partial charge in [-0.1, -0.05) is 36.4 Å². The summed E-state index contributed by atoms with van der Waals surface area (Å²) in [7, 11) is 1.60. The molecule has 1 atom stereocenters. The zero-order valence-corrected chi connectivity index (χ0v) is 20.4. The van der Waals surface area contributed by atoms with Gasteiger partial charge in [-0.15, -0.1) is 11.3 Å². The maximum atomic E-state index is 13.1. The highest BCUT2D eigenvalue weighted by atomic mass is 32.1. The molecule has 0 bridgehead atoms. The summed E-state index contributed by atoms with van der Waals surface area (Å²) in [6.07, 6.45) is -0.101. The molecule has 0 saturated heterocycles. The average molecular weight is 494 g/mol. The number of methoxy groups -OCH3 is 1. The molecule has 2 aliphatic rings. The molecule has 1 aromatic heterocycles. The van der Waals surface area contributed by atoms with E-state index in [1.807, 2.05) is 48.5 Å². The fourth-order valence-corrected chi connectivity index (χ4v) is 5.66. The molecule has 1 unspecified atom stereocenters. The van der Waals surface area contributed by atoms with Crippen molar-refractivity contribution in [2.45, 2.75) is 32.7 Å². The van der Waals surface area contributed by atoms with Crippen molar-refractivity contribution >= 4 is 28.3 Å². The molecule has 3 heterocycles. The lowest BCUT2D eigenvalue weighted by Gasteiger charge is -2.28. The van der Waals surface area contributed by atoms with Crippen molar-refractivity contribution in [1.82, 2.24) is 10.2 Å². The molecule has 35 heavy (non-hydrogen) atoms. The van der Waals surface area contributed by atoms with Crippen molar-refractivity contribution in [3.63, 3.8) is 0 Å². The molecular formula is C26H27N3O5S. The Bertz CT molecular complexity index is 1240. The first-order valence-corrected chi connectivity index (χ1v) is 12.4. The molecular weight excluding hydrogens is 466 g/mol. The van der Waals surface area contributed by atoms with E-state index in [0.717, 1.165) is 26.6 Å². The highest BCUT2D eigenvalue weighted by molar-refractivity contribution is 7.16. The Morgan fingerprint density at radius 2 is 1.97 bits per heavy atom. The van der Waals surface area contributed by atoms with Crippen molar-refractivity contribution in [3.8, 4) is 11.5 Å². The van der Waals surface area contributed by atoms with Gasteiger partial charge in [0.2, 0.25) is 0 Å². The van der Waals surface area contributed by atoms with Crippen molar-refractivity contribution in [3.05, 3.63) is 75.7 Å². The first kappa shape index (κ1) is 23.0. The van der Waals surface area contributed by atoms with Crippen LogP contribution in [-0.4, -0.2) is 37.2 Å². The number of nitrogens with one attached hydrogen (secondary N) is 2. The third-order valence-electron chi connectivity index (χ3n) is 6.12. The summed E-state index contributed by atoms with van der Waals surface area (Å²) < 4.78 is 16.7. The number of hydrogen-bond acceptors (Lipinski definition) is 7. The predicted molar refractivity (Wildman–Crippen MR) is 133 cm³/mol. The van der Waals surface area contributed by atoms with Gasteiger partial charge in [-0.05, 0) is 42.2 Å². The Morgan fingerprint density at radius 3 is 2.74 bits per heavy atom. The molecule has 2 aliphatic heterocycles. The minimum absolute atomic E-state index is 0.116. The second-order valence-corrected chi connectivity index (χ2v) is 9.42. The van der Waals surface area contributed by atoms with Crippen LogP contribution in [0.2, 0.25) is 0 Å². The van der Waals surface area contributed by atoms with Gasteiger partial charge in [0.1, 0.15) is 17.8 Å². The van der Waals surface area contributed by atoms with E-state index >= 15 is 0 Å². The van der Waals surface area contributed by atoms with Crippen molar-refractivity contribution in [2.75, 3.05) is 25.6 Å². The summed E-state index contributed by atoms with van der Waals surface area (Å²) in [5.74, 6) is 1.11. The van der Waals surface area contributed by atoms with Gasteiger partial charge in [0, 0.05) is 11.4 Å². The Hall–Kier alpha value is -3.72. The monoisotopic (exact) mass is 493 g/mol. The SMILES string of the molecule is CCOC(=O)N1CCc2c(sc3c2C(=O)NC(c2ccc(OCc4ccccc4)c(OC)c2)N3)C1. The number of benzene rings is 2. The van der Waals surface area contributed by atoms with Crippen molar-refractivity contribution < 1.29 is 23.8 Å². The lowest BCUT2D eigenvalue weighted by Crippen LogP contribution is -2.39. The second-order valence-electron chi connectivity index (χ2n) is 8.31. The van der Waals surface area contributed by atoms with E-state index in [1.165, 1.54) is 11.3 Å². The number of thiophene rings is 1. The molecule has 0 radical (unpaired) electrons. The van der Waals surface area contributed by atoms with Crippen LogP contribution >= 0.6 is 11.3 Å². The summed E-state index contributed by atoms with van der Waals surface area (Å²) in [4.78, 5) is 28.0. The van der Waals surface area contributed by atoms with E-state index in [4.69, 9.17) is 14.2 Å². The fraction of sp³-hybridized carbons (Fsp3) is 0.308. The van der Waals surface area contributed by atoms with Crippen LogP contribution in [0.25, 0.3) is 0 Å². The Kier molecular flexibility index (Phi) is 6.50. The molecule has 9 heteroatoms. The third kappa shape index (κ3) is 4.64. The van der Waals surface area contributed by atoms with E-state index in [-0.39, 0.29) is 12.0 Å². The number of carbonyl (C=O) groups excluding carboxylic acids is 2. The maximum Gasteiger partial charge on any atom is 0.410 e. The summed E-state index contributed by atoms with van der Waals surface area (Å²) in [5.41, 5.74) is 3.61. The second kappa shape index (κ2) is 9.87. The summed E-state index contributed by atoms with van der Waals surface area (Å²) in [6.45, 7) is 3.55. The van der Waals surface area contributed by atoms with Crippen LogP contribution in [0, 0.1) is 0 Å². The topological polar surface area (TPSA) is 89.1 Å². The van der Waals surface area contributed by atoms with Gasteiger partial charge >= 0.3 is 6.09 Å². The number of ether oxygens (including phenoxy) is 3. The Morgan fingerprint density at radius 1 is 1.14 bits per heavy atom. The third-order valence-corrected chi connectivity index (χ3v) is 7.27. The molecule has 2 aromatic carbocycles. The van der Waals surface area contributed by atoms with E-state index in [1.54, 1.807) is 18.9 Å². The van der Waals surface area contributed by atoms with Gasteiger partial charge in [0.15, 0.2) is 11.5 Å². The van der Waals surface area contributed by atoms with Gasteiger partial charge in [-0.2, -0.15) is 0 Å². The molecule has 2 N–H and O–H groups in total. The molecule has 8 nitrogen and oxygen atoms in total. The predicted octanol–water partition coefficient (Wildman–Crippen LogP) is 4.70. The standard InChI is InChI=1S/C26H27N3O5S/c1-3-33-26(31)29-12-11-18-21(14-29)35-25-22(18)24(30)27-23(28-25)17-9-10-19(20(13-17)32-2)34-15-16-7-5-4-6-8-16/h4-10,13,23,28H,3,11-12,14-15H2,1-2H3,(H,27,30). The van der Waals surface area contributed by atoms with Crippen LogP contribution in [-0.2, 0) is 24.3 Å². The molecule has 182 valence electrons. The highest BCUT2D eigenvalue weighted by Gasteiger charge is 2.34. The number of anilines is 1. The number of hydrogen-bond donors (Lipinski definition) is 2. The van der Waals surface area contributed by atoms with Crippen LogP contribution in [0.1, 0.15) is 45.0 Å². The minimum Gasteiger partial charge on any atom is -0.493 e. The van der Waals surface area contributed by atoms with Gasteiger partial charge in [-0.3, -0.25) is 4.79 Å². The molecule has 5 rings (SSSR count). The number of amides is 2. The molecule has 3 aromatic rings.